The molecular weight excluding hydrogens is 362 g/mol. The second kappa shape index (κ2) is 7.87. The first-order chi connectivity index (χ1) is 13.2. The zero-order valence-corrected chi connectivity index (χ0v) is 17.0. The fraction of sp³-hybridized carbons (Fsp3) is 0.600. The molecule has 154 valence electrons. The molecule has 1 atom stereocenters. The number of rotatable bonds is 1. The Balaban J connectivity index is 1.74. The molecule has 0 unspecified atom stereocenters. The van der Waals surface area contributed by atoms with Crippen LogP contribution in [0, 0.1) is 0 Å². The zero-order chi connectivity index (χ0) is 20.5. The summed E-state index contributed by atoms with van der Waals surface area (Å²) in [6.07, 6.45) is 0.499. The number of nitrogens with two attached hydrogens (primary N) is 1. The third kappa shape index (κ3) is 4.49. The van der Waals surface area contributed by atoms with Crippen LogP contribution < -0.4 is 10.5 Å². The Bertz CT molecular complexity index is 759. The summed E-state index contributed by atoms with van der Waals surface area (Å²) < 4.78 is 16.2. The third-order valence-corrected chi connectivity index (χ3v) is 4.98. The largest absolute Gasteiger partial charge is 0.493 e. The van der Waals surface area contributed by atoms with Crippen LogP contribution in [0.2, 0.25) is 0 Å². The Labute approximate surface area is 165 Å². The number of esters is 1. The Hall–Kier alpha value is -2.48. The van der Waals surface area contributed by atoms with E-state index >= 15 is 0 Å². The van der Waals surface area contributed by atoms with E-state index in [2.05, 4.69) is 4.90 Å². The molecule has 1 amide bonds. The number of carbonyl (C=O) groups excluding carboxylic acids is 2. The molecule has 2 aliphatic heterocycles. The highest BCUT2D eigenvalue weighted by molar-refractivity contribution is 5.95. The van der Waals surface area contributed by atoms with Crippen LogP contribution in [0.25, 0.3) is 0 Å². The molecule has 0 radical (unpaired) electrons. The number of fused-ring (bicyclic) bond motifs is 2. The van der Waals surface area contributed by atoms with Crippen molar-refractivity contribution in [2.45, 2.75) is 45.4 Å². The van der Waals surface area contributed by atoms with E-state index < -0.39 is 11.6 Å². The summed E-state index contributed by atoms with van der Waals surface area (Å²) in [4.78, 5) is 28.4. The lowest BCUT2D eigenvalue weighted by Gasteiger charge is -2.42. The quantitative estimate of drug-likeness (QED) is 0.580. The van der Waals surface area contributed by atoms with Gasteiger partial charge in [-0.3, -0.25) is 4.90 Å². The van der Waals surface area contributed by atoms with Crippen molar-refractivity contribution in [1.82, 2.24) is 9.80 Å². The summed E-state index contributed by atoms with van der Waals surface area (Å²) in [7, 11) is 1.33. The van der Waals surface area contributed by atoms with Crippen molar-refractivity contribution in [3.05, 3.63) is 23.3 Å². The molecule has 8 heteroatoms. The van der Waals surface area contributed by atoms with E-state index in [1.165, 1.54) is 7.11 Å². The van der Waals surface area contributed by atoms with Crippen LogP contribution in [0.5, 0.6) is 5.75 Å². The van der Waals surface area contributed by atoms with Gasteiger partial charge < -0.3 is 24.8 Å². The molecule has 2 aliphatic rings. The minimum Gasteiger partial charge on any atom is -0.493 e. The van der Waals surface area contributed by atoms with Crippen molar-refractivity contribution in [1.29, 1.82) is 0 Å². The lowest BCUT2D eigenvalue weighted by molar-refractivity contribution is -0.00193. The fourth-order valence-corrected chi connectivity index (χ4v) is 3.58. The van der Waals surface area contributed by atoms with E-state index in [0.717, 1.165) is 18.5 Å². The topological polar surface area (TPSA) is 94.3 Å². The molecular formula is C20H29N3O5. The highest BCUT2D eigenvalue weighted by atomic mass is 16.6. The summed E-state index contributed by atoms with van der Waals surface area (Å²) in [6, 6.07) is 3.62. The van der Waals surface area contributed by atoms with Crippen LogP contribution in [0.4, 0.5) is 10.5 Å². The van der Waals surface area contributed by atoms with Gasteiger partial charge in [-0.25, -0.2) is 9.59 Å². The van der Waals surface area contributed by atoms with Crippen LogP contribution in [0.15, 0.2) is 12.1 Å². The summed E-state index contributed by atoms with van der Waals surface area (Å²) in [5.41, 5.74) is 7.17. The second-order valence-electron chi connectivity index (χ2n) is 8.23. The van der Waals surface area contributed by atoms with Gasteiger partial charge in [-0.1, -0.05) is 0 Å². The number of ether oxygens (including phenoxy) is 3. The van der Waals surface area contributed by atoms with Crippen molar-refractivity contribution in [2.75, 3.05) is 39.1 Å². The lowest BCUT2D eigenvalue weighted by atomic mass is 10.0. The van der Waals surface area contributed by atoms with Gasteiger partial charge in [-0.05, 0) is 39.3 Å². The molecule has 0 aromatic heterocycles. The summed E-state index contributed by atoms with van der Waals surface area (Å²) in [5, 5.41) is 0. The normalized spacial score (nSPS) is 20.1. The number of piperazine rings is 1. The molecule has 0 spiro atoms. The van der Waals surface area contributed by atoms with Crippen molar-refractivity contribution in [3.63, 3.8) is 0 Å². The number of nitrogens with zero attached hydrogens (tertiary/aromatic N) is 2. The molecule has 1 aromatic rings. The van der Waals surface area contributed by atoms with E-state index in [9.17, 15) is 9.59 Å². The van der Waals surface area contributed by atoms with Gasteiger partial charge in [-0.2, -0.15) is 0 Å². The Morgan fingerprint density at radius 2 is 2.00 bits per heavy atom. The average Bonchev–Trinajstić information content (AvgIpc) is 2.60. The molecule has 3 rings (SSSR count). The number of benzene rings is 1. The van der Waals surface area contributed by atoms with Gasteiger partial charge in [0.2, 0.25) is 0 Å². The Morgan fingerprint density at radius 1 is 1.25 bits per heavy atom. The lowest BCUT2D eigenvalue weighted by Crippen LogP contribution is -2.55. The van der Waals surface area contributed by atoms with Gasteiger partial charge in [0.15, 0.2) is 0 Å². The van der Waals surface area contributed by atoms with Crippen molar-refractivity contribution in [3.8, 4) is 5.75 Å². The Morgan fingerprint density at radius 3 is 2.68 bits per heavy atom. The molecule has 28 heavy (non-hydrogen) atoms. The smallest absolute Gasteiger partial charge is 0.410 e. The summed E-state index contributed by atoms with van der Waals surface area (Å²) in [6.45, 7) is 8.69. The molecule has 0 bridgehead atoms. The monoisotopic (exact) mass is 391 g/mol. The molecule has 2 heterocycles. The molecule has 8 nitrogen and oxygen atoms in total. The first-order valence-electron chi connectivity index (χ1n) is 9.53. The highest BCUT2D eigenvalue weighted by Crippen LogP contribution is 2.31. The summed E-state index contributed by atoms with van der Waals surface area (Å²) in [5.74, 6) is 0.178. The zero-order valence-electron chi connectivity index (χ0n) is 17.0. The van der Waals surface area contributed by atoms with Crippen LogP contribution in [-0.2, 0) is 16.0 Å². The number of hydrogen-bond donors (Lipinski definition) is 1. The maximum Gasteiger partial charge on any atom is 0.410 e. The fourth-order valence-electron chi connectivity index (χ4n) is 3.58. The van der Waals surface area contributed by atoms with E-state index in [0.29, 0.717) is 43.2 Å². The Kier molecular flexibility index (Phi) is 5.69. The van der Waals surface area contributed by atoms with Crippen molar-refractivity contribution < 1.29 is 23.8 Å². The maximum absolute atomic E-state index is 12.4. The maximum atomic E-state index is 12.4. The number of methoxy groups -OCH3 is 1. The molecule has 0 saturated carbocycles. The third-order valence-electron chi connectivity index (χ3n) is 4.98. The van der Waals surface area contributed by atoms with Gasteiger partial charge in [0.25, 0.3) is 0 Å². The van der Waals surface area contributed by atoms with Crippen molar-refractivity contribution in [2.24, 2.45) is 0 Å². The van der Waals surface area contributed by atoms with Crippen LogP contribution >= 0.6 is 0 Å². The van der Waals surface area contributed by atoms with Gasteiger partial charge in [0.1, 0.15) is 11.4 Å². The minimum absolute atomic E-state index is 0.177. The van der Waals surface area contributed by atoms with E-state index in [1.807, 2.05) is 20.8 Å². The number of nitrogen functional groups attached to an aromatic ring is 1. The van der Waals surface area contributed by atoms with Crippen LogP contribution in [-0.4, -0.2) is 66.9 Å². The first kappa shape index (κ1) is 20.3. The van der Waals surface area contributed by atoms with E-state index in [-0.39, 0.29) is 12.1 Å². The summed E-state index contributed by atoms with van der Waals surface area (Å²) >= 11 is 0. The van der Waals surface area contributed by atoms with E-state index in [4.69, 9.17) is 19.9 Å². The molecule has 1 saturated heterocycles. The number of anilines is 1. The van der Waals surface area contributed by atoms with Gasteiger partial charge in [0.05, 0.1) is 19.3 Å². The van der Waals surface area contributed by atoms with Crippen LogP contribution in [0.1, 0.15) is 43.1 Å². The molecule has 2 N–H and O–H groups in total. The molecule has 1 fully saturated rings. The number of amides is 1. The van der Waals surface area contributed by atoms with Gasteiger partial charge in [-0.15, -0.1) is 0 Å². The first-order valence-corrected chi connectivity index (χ1v) is 9.53. The predicted octanol–water partition coefficient (Wildman–Crippen LogP) is 2.26. The SMILES string of the molecule is COC(=O)c1cc2c(cc1N)CN1CCN(C(=O)OC(C)(C)C)C[C@H]1CCO2. The van der Waals surface area contributed by atoms with Gasteiger partial charge in [0, 0.05) is 43.5 Å². The number of carbonyl (C=O) groups is 2. The average molecular weight is 391 g/mol. The van der Waals surface area contributed by atoms with Gasteiger partial charge >= 0.3 is 12.1 Å². The van der Waals surface area contributed by atoms with Crippen LogP contribution in [0.3, 0.4) is 0 Å². The molecule has 0 aliphatic carbocycles. The van der Waals surface area contributed by atoms with Crippen molar-refractivity contribution >= 4 is 17.7 Å². The predicted molar refractivity (Wildman–Crippen MR) is 104 cm³/mol. The molecule has 1 aromatic carbocycles. The standard InChI is InChI=1S/C20H29N3O5/c1-20(2,3)28-19(25)23-7-6-22-11-13-9-16(21)15(18(24)26-4)10-17(13)27-8-5-14(22)12-23/h9-10,14H,5-8,11-12,21H2,1-4H3/t14-/m1/s1. The second-order valence-corrected chi connectivity index (χ2v) is 8.23. The highest BCUT2D eigenvalue weighted by Gasteiger charge is 2.33. The minimum atomic E-state index is -0.508. The number of hydrogen-bond acceptors (Lipinski definition) is 7. The van der Waals surface area contributed by atoms with E-state index in [1.54, 1.807) is 17.0 Å².